The van der Waals surface area contributed by atoms with Gasteiger partial charge in [0.25, 0.3) is 0 Å². The first-order valence-electron chi connectivity index (χ1n) is 7.40. The van der Waals surface area contributed by atoms with Crippen LogP contribution < -0.4 is 11.5 Å². The fourth-order valence-electron chi connectivity index (χ4n) is 2.74. The molecule has 2 rings (SSSR count). The Morgan fingerprint density at radius 1 is 1.29 bits per heavy atom. The maximum atomic E-state index is 11.6. The van der Waals surface area contributed by atoms with E-state index in [4.69, 9.17) is 11.5 Å². The van der Waals surface area contributed by atoms with Crippen molar-refractivity contribution >= 4 is 16.9 Å². The van der Waals surface area contributed by atoms with Crippen molar-refractivity contribution in [3.05, 3.63) is 35.0 Å². The normalized spacial score (nSPS) is 11.2. The lowest BCUT2D eigenvalue weighted by Gasteiger charge is -2.08. The van der Waals surface area contributed by atoms with E-state index in [9.17, 15) is 9.90 Å². The van der Waals surface area contributed by atoms with Crippen molar-refractivity contribution in [1.82, 2.24) is 4.57 Å². The fraction of sp³-hybridized carbons (Fsp3) is 0.438. The van der Waals surface area contributed by atoms with Gasteiger partial charge in [0.05, 0.1) is 11.1 Å². The van der Waals surface area contributed by atoms with Crippen LogP contribution >= 0.6 is 0 Å². The molecule has 5 N–H and O–H groups in total. The monoisotopic (exact) mass is 289 g/mol. The topological polar surface area (TPSA) is 94.3 Å². The molecule has 0 spiro atoms. The maximum Gasteiger partial charge on any atom is 0.337 e. The van der Waals surface area contributed by atoms with E-state index in [-0.39, 0.29) is 0 Å². The number of carboxylic acids is 1. The molecule has 114 valence electrons. The summed E-state index contributed by atoms with van der Waals surface area (Å²) in [5, 5.41) is 10.5. The lowest BCUT2D eigenvalue weighted by Crippen LogP contribution is -2.11. The molecule has 0 aliphatic heterocycles. The van der Waals surface area contributed by atoms with Crippen LogP contribution in [-0.4, -0.2) is 28.7 Å². The highest BCUT2D eigenvalue weighted by Crippen LogP contribution is 2.28. The van der Waals surface area contributed by atoms with Gasteiger partial charge in [-0.15, -0.1) is 0 Å². The second-order valence-electron chi connectivity index (χ2n) is 5.23. The van der Waals surface area contributed by atoms with Crippen LogP contribution in [0.4, 0.5) is 0 Å². The Kier molecular flexibility index (Phi) is 4.98. The molecule has 2 aromatic rings. The van der Waals surface area contributed by atoms with Crippen molar-refractivity contribution in [2.75, 3.05) is 13.1 Å². The number of carboxylic acid groups (broad SMARTS) is 1. The van der Waals surface area contributed by atoms with E-state index < -0.39 is 5.97 Å². The maximum absolute atomic E-state index is 11.6. The van der Waals surface area contributed by atoms with Crippen LogP contribution in [0, 0.1) is 0 Å². The summed E-state index contributed by atoms with van der Waals surface area (Å²) in [5.41, 5.74) is 14.6. The minimum Gasteiger partial charge on any atom is -0.478 e. The van der Waals surface area contributed by atoms with Crippen LogP contribution in [0.1, 0.15) is 34.8 Å². The average Bonchev–Trinajstić information content (AvgIpc) is 2.82. The van der Waals surface area contributed by atoms with Gasteiger partial charge < -0.3 is 21.1 Å². The zero-order chi connectivity index (χ0) is 15.4. The molecule has 0 aliphatic rings. The molecule has 0 radical (unpaired) electrons. The van der Waals surface area contributed by atoms with Crippen LogP contribution in [0.5, 0.6) is 0 Å². The summed E-state index contributed by atoms with van der Waals surface area (Å²) in [5.74, 6) is -0.892. The van der Waals surface area contributed by atoms with Gasteiger partial charge in [-0.3, -0.25) is 0 Å². The standard InChI is InChI=1S/C16H23N3O2/c1-2-11-8-13-12(4-3-5-17)10-19(7-6-18)15(13)14(9-11)16(20)21/h8-10H,2-7,17-18H2,1H3,(H,20,21). The highest BCUT2D eigenvalue weighted by atomic mass is 16.4. The third kappa shape index (κ3) is 3.09. The molecule has 21 heavy (non-hydrogen) atoms. The molecule has 0 saturated carbocycles. The SMILES string of the molecule is CCc1cc(C(=O)O)c2c(c1)c(CCCN)cn2CCN. The predicted octanol–water partition coefficient (Wildman–Crippen LogP) is 1.75. The van der Waals surface area contributed by atoms with E-state index in [0.29, 0.717) is 25.2 Å². The average molecular weight is 289 g/mol. The molecule has 0 unspecified atom stereocenters. The number of aromatic carboxylic acids is 1. The molecule has 0 fully saturated rings. The summed E-state index contributed by atoms with van der Waals surface area (Å²) in [6.07, 6.45) is 4.59. The van der Waals surface area contributed by atoms with Crippen LogP contribution in [0.3, 0.4) is 0 Å². The van der Waals surface area contributed by atoms with Gasteiger partial charge in [0.1, 0.15) is 0 Å². The molecule has 1 aromatic carbocycles. The zero-order valence-corrected chi connectivity index (χ0v) is 12.4. The Morgan fingerprint density at radius 3 is 2.62 bits per heavy atom. The van der Waals surface area contributed by atoms with E-state index in [0.717, 1.165) is 41.3 Å². The molecule has 1 aromatic heterocycles. The number of hydrogen-bond acceptors (Lipinski definition) is 3. The number of fused-ring (bicyclic) bond motifs is 1. The predicted molar refractivity (Wildman–Crippen MR) is 84.7 cm³/mol. The largest absolute Gasteiger partial charge is 0.478 e. The number of benzene rings is 1. The highest BCUT2D eigenvalue weighted by molar-refractivity contribution is 6.03. The van der Waals surface area contributed by atoms with Crippen LogP contribution in [-0.2, 0) is 19.4 Å². The second-order valence-corrected chi connectivity index (χ2v) is 5.23. The summed E-state index contributed by atoms with van der Waals surface area (Å²) in [6, 6.07) is 3.87. The van der Waals surface area contributed by atoms with Gasteiger partial charge in [-0.2, -0.15) is 0 Å². The number of aryl methyl sites for hydroxylation is 2. The Hall–Kier alpha value is -1.85. The summed E-state index contributed by atoms with van der Waals surface area (Å²) < 4.78 is 1.96. The number of carbonyl (C=O) groups is 1. The first-order valence-corrected chi connectivity index (χ1v) is 7.40. The van der Waals surface area contributed by atoms with E-state index >= 15 is 0 Å². The minimum absolute atomic E-state index is 0.358. The zero-order valence-electron chi connectivity index (χ0n) is 12.4. The van der Waals surface area contributed by atoms with Crippen LogP contribution in [0.2, 0.25) is 0 Å². The van der Waals surface area contributed by atoms with E-state index in [1.165, 1.54) is 0 Å². The van der Waals surface area contributed by atoms with Crippen molar-refractivity contribution in [1.29, 1.82) is 0 Å². The van der Waals surface area contributed by atoms with Gasteiger partial charge in [-0.1, -0.05) is 6.92 Å². The molecule has 0 bridgehead atoms. The van der Waals surface area contributed by atoms with Gasteiger partial charge in [0.15, 0.2) is 0 Å². The first kappa shape index (κ1) is 15.5. The third-order valence-electron chi connectivity index (χ3n) is 3.77. The minimum atomic E-state index is -0.892. The van der Waals surface area contributed by atoms with E-state index in [2.05, 4.69) is 6.07 Å². The number of nitrogens with two attached hydrogens (primary N) is 2. The lowest BCUT2D eigenvalue weighted by atomic mass is 10.0. The highest BCUT2D eigenvalue weighted by Gasteiger charge is 2.17. The van der Waals surface area contributed by atoms with Crippen molar-refractivity contribution < 1.29 is 9.90 Å². The van der Waals surface area contributed by atoms with E-state index in [1.807, 2.05) is 17.7 Å². The Bertz CT molecular complexity index is 646. The van der Waals surface area contributed by atoms with Crippen LogP contribution in [0.15, 0.2) is 18.3 Å². The van der Waals surface area contributed by atoms with Crippen molar-refractivity contribution in [3.8, 4) is 0 Å². The molecule has 5 nitrogen and oxygen atoms in total. The van der Waals surface area contributed by atoms with Crippen molar-refractivity contribution in [2.24, 2.45) is 11.5 Å². The number of nitrogens with zero attached hydrogens (tertiary/aromatic N) is 1. The van der Waals surface area contributed by atoms with Gasteiger partial charge in [0.2, 0.25) is 0 Å². The molecular formula is C16H23N3O2. The summed E-state index contributed by atoms with van der Waals surface area (Å²) in [4.78, 5) is 11.6. The Labute approximate surface area is 124 Å². The smallest absolute Gasteiger partial charge is 0.337 e. The molecule has 0 saturated heterocycles. The van der Waals surface area contributed by atoms with Gasteiger partial charge >= 0.3 is 5.97 Å². The Morgan fingerprint density at radius 2 is 2.05 bits per heavy atom. The third-order valence-corrected chi connectivity index (χ3v) is 3.77. The molecule has 0 aliphatic carbocycles. The molecule has 0 amide bonds. The molecule has 0 atom stereocenters. The van der Waals surface area contributed by atoms with E-state index in [1.54, 1.807) is 6.07 Å². The van der Waals surface area contributed by atoms with Crippen LogP contribution in [0.25, 0.3) is 10.9 Å². The summed E-state index contributed by atoms with van der Waals surface area (Å²) >= 11 is 0. The first-order chi connectivity index (χ1) is 10.1. The lowest BCUT2D eigenvalue weighted by molar-refractivity contribution is 0.0698. The van der Waals surface area contributed by atoms with Crippen molar-refractivity contribution in [2.45, 2.75) is 32.7 Å². The fourth-order valence-corrected chi connectivity index (χ4v) is 2.74. The van der Waals surface area contributed by atoms with Gasteiger partial charge in [0, 0.05) is 24.7 Å². The molecular weight excluding hydrogens is 266 g/mol. The second kappa shape index (κ2) is 6.74. The summed E-state index contributed by atoms with van der Waals surface area (Å²) in [6.45, 7) is 3.76. The summed E-state index contributed by atoms with van der Waals surface area (Å²) in [7, 11) is 0. The Balaban J connectivity index is 2.69. The number of aromatic nitrogens is 1. The number of hydrogen-bond donors (Lipinski definition) is 3. The molecule has 5 heteroatoms. The van der Waals surface area contributed by atoms with Gasteiger partial charge in [-0.05, 0) is 49.1 Å². The van der Waals surface area contributed by atoms with Crippen molar-refractivity contribution in [3.63, 3.8) is 0 Å². The molecule has 1 heterocycles. The van der Waals surface area contributed by atoms with Gasteiger partial charge in [-0.25, -0.2) is 4.79 Å². The number of rotatable bonds is 7. The quantitative estimate of drug-likeness (QED) is 0.723.